The molecule has 26 heavy (non-hydrogen) atoms. The molecule has 4 aliphatic carbocycles. The number of carbonyl (C=O) groups excluding carboxylic acids is 2. The average Bonchev–Trinajstić information content (AvgIpc) is 2.86. The maximum atomic E-state index is 12.3. The van der Waals surface area contributed by atoms with Gasteiger partial charge in [0.25, 0.3) is 0 Å². The van der Waals surface area contributed by atoms with E-state index in [9.17, 15) is 14.7 Å². The Morgan fingerprint density at radius 1 is 1.08 bits per heavy atom. The minimum Gasteiger partial charge on any atom is -0.390 e. The van der Waals surface area contributed by atoms with E-state index in [1.54, 1.807) is 6.92 Å². The normalized spacial score (nSPS) is 56.5. The summed E-state index contributed by atoms with van der Waals surface area (Å²) in [5.74, 6) is 1.84. The smallest absolute Gasteiger partial charge is 0.151 e. The number of fused-ring (bicyclic) bond motifs is 5. The number of hydrogen-bond donors (Lipinski definition) is 1. The van der Waals surface area contributed by atoms with Crippen LogP contribution in [0, 0.1) is 40.4 Å². The van der Waals surface area contributed by atoms with Crippen LogP contribution in [0.25, 0.3) is 0 Å². The highest BCUT2D eigenvalue weighted by Crippen LogP contribution is 2.69. The zero-order valence-corrected chi connectivity index (χ0v) is 17.3. The molecule has 0 saturated heterocycles. The molecule has 146 valence electrons. The predicted octanol–water partition coefficient (Wildman–Crippen LogP) is 4.38. The quantitative estimate of drug-likeness (QED) is 0.686. The van der Waals surface area contributed by atoms with Crippen molar-refractivity contribution in [3.05, 3.63) is 0 Å². The summed E-state index contributed by atoms with van der Waals surface area (Å²) in [5, 5.41) is 11.3. The summed E-state index contributed by atoms with van der Waals surface area (Å²) in [4.78, 5) is 24.5. The van der Waals surface area contributed by atoms with Crippen LogP contribution in [0.5, 0.6) is 0 Å². The van der Waals surface area contributed by atoms with Gasteiger partial charge in [-0.25, -0.2) is 0 Å². The first-order valence-corrected chi connectivity index (χ1v) is 10.9. The number of alkyl halides is 1. The van der Waals surface area contributed by atoms with Crippen molar-refractivity contribution >= 4 is 23.2 Å². The fraction of sp³-hybridized carbons (Fsp3) is 0.909. The predicted molar refractivity (Wildman–Crippen MR) is 102 cm³/mol. The van der Waals surface area contributed by atoms with Gasteiger partial charge < -0.3 is 5.11 Å². The van der Waals surface area contributed by atoms with E-state index in [2.05, 4.69) is 13.8 Å². The van der Waals surface area contributed by atoms with E-state index >= 15 is 0 Å². The molecule has 0 aromatic rings. The van der Waals surface area contributed by atoms with Crippen molar-refractivity contribution < 1.29 is 14.7 Å². The summed E-state index contributed by atoms with van der Waals surface area (Å²) in [6, 6.07) is 0. The number of ketones is 2. The zero-order chi connectivity index (χ0) is 19.1. The molecule has 4 fully saturated rings. The summed E-state index contributed by atoms with van der Waals surface area (Å²) in [6.45, 7) is 8.26. The Morgan fingerprint density at radius 3 is 2.38 bits per heavy atom. The first-order chi connectivity index (χ1) is 12.0. The lowest BCUT2D eigenvalue weighted by atomic mass is 9.41. The summed E-state index contributed by atoms with van der Waals surface area (Å²) in [6.07, 6.45) is 6.15. The highest BCUT2D eigenvalue weighted by Gasteiger charge is 2.67. The van der Waals surface area contributed by atoms with Crippen LogP contribution in [-0.2, 0) is 9.59 Å². The van der Waals surface area contributed by atoms with Crippen LogP contribution in [0.4, 0.5) is 0 Å². The second kappa shape index (κ2) is 5.80. The summed E-state index contributed by atoms with van der Waals surface area (Å²) in [7, 11) is 0. The van der Waals surface area contributed by atoms with Crippen molar-refractivity contribution in [3.63, 3.8) is 0 Å². The van der Waals surface area contributed by atoms with E-state index in [0.29, 0.717) is 24.7 Å². The lowest BCUT2D eigenvalue weighted by Gasteiger charge is -2.65. The van der Waals surface area contributed by atoms with Gasteiger partial charge in [-0.15, -0.1) is 11.6 Å². The van der Waals surface area contributed by atoms with Crippen LogP contribution < -0.4 is 0 Å². The lowest BCUT2D eigenvalue weighted by Crippen LogP contribution is -2.65. The molecule has 0 radical (unpaired) electrons. The Bertz CT molecular complexity index is 643. The second-order valence-electron chi connectivity index (χ2n) is 10.6. The Hall–Kier alpha value is -0.410. The van der Waals surface area contributed by atoms with Gasteiger partial charge in [0.05, 0.1) is 11.0 Å². The molecule has 0 aromatic carbocycles. The third-order valence-corrected chi connectivity index (χ3v) is 9.74. The van der Waals surface area contributed by atoms with Crippen LogP contribution in [-0.4, -0.2) is 27.7 Å². The second-order valence-corrected chi connectivity index (χ2v) is 11.1. The van der Waals surface area contributed by atoms with E-state index in [1.165, 1.54) is 0 Å². The van der Waals surface area contributed by atoms with Crippen molar-refractivity contribution in [1.29, 1.82) is 0 Å². The topological polar surface area (TPSA) is 54.4 Å². The lowest BCUT2D eigenvalue weighted by molar-refractivity contribution is -0.212. The zero-order valence-electron chi connectivity index (χ0n) is 16.6. The number of halogens is 1. The Kier molecular flexibility index (Phi) is 4.22. The van der Waals surface area contributed by atoms with Gasteiger partial charge in [0.2, 0.25) is 0 Å². The molecule has 4 heteroatoms. The highest BCUT2D eigenvalue weighted by atomic mass is 35.5. The van der Waals surface area contributed by atoms with E-state index in [4.69, 9.17) is 11.6 Å². The molecule has 3 nitrogen and oxygen atoms in total. The van der Waals surface area contributed by atoms with Crippen LogP contribution in [0.3, 0.4) is 0 Å². The molecule has 4 saturated carbocycles. The van der Waals surface area contributed by atoms with Gasteiger partial charge in [0, 0.05) is 12.3 Å². The van der Waals surface area contributed by atoms with Crippen LogP contribution in [0.15, 0.2) is 0 Å². The standard InChI is InChI=1S/C22H33ClO3/c1-12(24)14-7-8-15-13-5-6-16-18(23)17(25)9-10-20(16,2)19(13)22(4,26)11-21(14,15)3/h13-16,18-19,26H,5-11H2,1-4H3/t13-,14+,15-,16+,18?,19-,20-,21+,22-/m0/s1. The Balaban J connectivity index is 1.75. The molecule has 0 aliphatic heterocycles. The maximum absolute atomic E-state index is 12.3. The third-order valence-electron chi connectivity index (χ3n) is 9.19. The number of hydrogen-bond acceptors (Lipinski definition) is 3. The van der Waals surface area contributed by atoms with Crippen molar-refractivity contribution in [2.24, 2.45) is 40.4 Å². The molecular formula is C22H33ClO3. The third kappa shape index (κ3) is 2.35. The molecule has 0 bridgehead atoms. The molecule has 4 rings (SSSR count). The van der Waals surface area contributed by atoms with Gasteiger partial charge in [-0.1, -0.05) is 13.8 Å². The minimum absolute atomic E-state index is 0.0810. The monoisotopic (exact) mass is 380 g/mol. The van der Waals surface area contributed by atoms with E-state index in [0.717, 1.165) is 32.1 Å². The number of Topliss-reactive ketones (excluding diaryl/α,β-unsaturated/α-hetero) is 2. The van der Waals surface area contributed by atoms with Gasteiger partial charge in [0.1, 0.15) is 5.78 Å². The highest BCUT2D eigenvalue weighted by molar-refractivity contribution is 6.31. The van der Waals surface area contributed by atoms with Gasteiger partial charge >= 0.3 is 0 Å². The van der Waals surface area contributed by atoms with Gasteiger partial charge in [-0.2, -0.15) is 0 Å². The fourth-order valence-electron chi connectivity index (χ4n) is 8.54. The number of carbonyl (C=O) groups is 2. The fourth-order valence-corrected chi connectivity index (χ4v) is 9.06. The van der Waals surface area contributed by atoms with Crippen molar-refractivity contribution in [3.8, 4) is 0 Å². The number of aliphatic hydroxyl groups is 1. The van der Waals surface area contributed by atoms with E-state index < -0.39 is 11.0 Å². The van der Waals surface area contributed by atoms with Crippen molar-refractivity contribution in [1.82, 2.24) is 0 Å². The molecule has 1 N–H and O–H groups in total. The summed E-state index contributed by atoms with van der Waals surface area (Å²) >= 11 is 6.58. The summed E-state index contributed by atoms with van der Waals surface area (Å²) < 4.78 is 0. The Labute approximate surface area is 162 Å². The van der Waals surface area contributed by atoms with Gasteiger partial charge in [-0.3, -0.25) is 9.59 Å². The summed E-state index contributed by atoms with van der Waals surface area (Å²) in [5.41, 5.74) is -0.981. The van der Waals surface area contributed by atoms with Crippen molar-refractivity contribution in [2.45, 2.75) is 83.6 Å². The van der Waals surface area contributed by atoms with E-state index in [1.807, 2.05) is 6.92 Å². The molecular weight excluding hydrogens is 348 g/mol. The van der Waals surface area contributed by atoms with E-state index in [-0.39, 0.29) is 40.2 Å². The van der Waals surface area contributed by atoms with Crippen LogP contribution in [0.2, 0.25) is 0 Å². The molecule has 0 spiro atoms. The van der Waals surface area contributed by atoms with Gasteiger partial charge in [0.15, 0.2) is 5.78 Å². The van der Waals surface area contributed by atoms with Gasteiger partial charge in [-0.05, 0) is 86.9 Å². The van der Waals surface area contributed by atoms with Crippen molar-refractivity contribution in [2.75, 3.05) is 0 Å². The molecule has 0 aromatic heterocycles. The molecule has 0 heterocycles. The van der Waals surface area contributed by atoms with Crippen LogP contribution in [0.1, 0.15) is 72.6 Å². The largest absolute Gasteiger partial charge is 0.390 e. The molecule has 1 unspecified atom stereocenters. The molecule has 4 aliphatic rings. The van der Waals surface area contributed by atoms with Crippen LogP contribution >= 0.6 is 11.6 Å². The maximum Gasteiger partial charge on any atom is 0.151 e. The first-order valence-electron chi connectivity index (χ1n) is 10.4. The average molecular weight is 381 g/mol. The molecule has 0 amide bonds. The SMILES string of the molecule is CC(=O)[C@H]1CC[C@H]2[C@@H]3CC[C@@H]4C(Cl)C(=O)CC[C@]4(C)[C@H]3[C@@](C)(O)C[C@]12C. The minimum atomic E-state index is -0.807. The number of rotatable bonds is 1. The Morgan fingerprint density at radius 2 is 1.73 bits per heavy atom. The first kappa shape index (κ1) is 18.9. The molecule has 9 atom stereocenters.